The number of halogens is 1. The van der Waals surface area contributed by atoms with E-state index in [2.05, 4.69) is 36.2 Å². The number of benzene rings is 1. The molecule has 1 aliphatic rings. The maximum Gasteiger partial charge on any atom is 0.240 e. The van der Waals surface area contributed by atoms with Crippen molar-refractivity contribution >= 4 is 11.6 Å². The van der Waals surface area contributed by atoms with E-state index in [0.29, 0.717) is 29.2 Å². The summed E-state index contributed by atoms with van der Waals surface area (Å²) in [5, 5.41) is 18.2. The fourth-order valence-electron chi connectivity index (χ4n) is 4.40. The molecule has 1 aliphatic carbocycles. The summed E-state index contributed by atoms with van der Waals surface area (Å²) in [6, 6.07) is 7.43. The van der Waals surface area contributed by atoms with Crippen molar-refractivity contribution in [3.8, 4) is 11.4 Å². The Bertz CT molecular complexity index is 731. The second-order valence-corrected chi connectivity index (χ2v) is 8.55. The molecule has 25 heavy (non-hydrogen) atoms. The van der Waals surface area contributed by atoms with E-state index >= 15 is 0 Å². The van der Waals surface area contributed by atoms with Crippen LogP contribution in [0.4, 0.5) is 0 Å². The molecule has 0 spiro atoms. The van der Waals surface area contributed by atoms with E-state index in [-0.39, 0.29) is 17.6 Å². The van der Waals surface area contributed by atoms with Crippen LogP contribution < -0.4 is 5.32 Å². The number of aromatic nitrogens is 2. The summed E-state index contributed by atoms with van der Waals surface area (Å²) in [5.74, 6) is 1.54. The molecule has 1 fully saturated rings. The molecule has 1 saturated carbocycles. The normalized spacial score (nSPS) is 25.9. The first-order chi connectivity index (χ1) is 11.8. The highest BCUT2D eigenvalue weighted by atomic mass is 35.5. The van der Waals surface area contributed by atoms with Crippen LogP contribution in [0.2, 0.25) is 5.02 Å². The Kier molecular flexibility index (Phi) is 5.19. The molecule has 3 rings (SSSR count). The van der Waals surface area contributed by atoms with Crippen molar-refractivity contribution in [2.24, 2.45) is 11.3 Å². The van der Waals surface area contributed by atoms with E-state index in [1.165, 1.54) is 6.42 Å². The average Bonchev–Trinajstić information content (AvgIpc) is 3.00. The van der Waals surface area contributed by atoms with Gasteiger partial charge in [-0.2, -0.15) is 4.98 Å². The predicted octanol–water partition coefficient (Wildman–Crippen LogP) is 4.06. The molecule has 0 aliphatic heterocycles. The molecule has 1 aromatic carbocycles. The molecule has 0 saturated heterocycles. The van der Waals surface area contributed by atoms with Gasteiger partial charge in [-0.1, -0.05) is 49.7 Å². The third-order valence-corrected chi connectivity index (χ3v) is 5.29. The molecule has 136 valence electrons. The van der Waals surface area contributed by atoms with Crippen LogP contribution in [0, 0.1) is 11.3 Å². The molecule has 6 heteroatoms. The van der Waals surface area contributed by atoms with Crippen molar-refractivity contribution in [2.75, 3.05) is 6.61 Å². The summed E-state index contributed by atoms with van der Waals surface area (Å²) < 4.78 is 5.37. The van der Waals surface area contributed by atoms with E-state index in [9.17, 15) is 5.11 Å². The van der Waals surface area contributed by atoms with Crippen molar-refractivity contribution in [1.82, 2.24) is 15.5 Å². The van der Waals surface area contributed by atoms with Crippen molar-refractivity contribution in [3.63, 3.8) is 0 Å². The molecule has 2 aromatic rings. The third-order valence-electron chi connectivity index (χ3n) is 4.96. The Morgan fingerprint density at radius 2 is 2.08 bits per heavy atom. The number of nitrogens with one attached hydrogen (secondary N) is 1. The van der Waals surface area contributed by atoms with Gasteiger partial charge in [0.25, 0.3) is 0 Å². The highest BCUT2D eigenvalue weighted by molar-refractivity contribution is 6.33. The van der Waals surface area contributed by atoms with Gasteiger partial charge in [0, 0.05) is 11.1 Å². The van der Waals surface area contributed by atoms with Gasteiger partial charge in [0.2, 0.25) is 11.7 Å². The first-order valence-electron chi connectivity index (χ1n) is 8.76. The van der Waals surface area contributed by atoms with Crippen molar-refractivity contribution < 1.29 is 9.63 Å². The lowest BCUT2D eigenvalue weighted by Crippen LogP contribution is -2.54. The fourth-order valence-corrected chi connectivity index (χ4v) is 4.62. The van der Waals surface area contributed by atoms with Crippen molar-refractivity contribution in [1.29, 1.82) is 0 Å². The van der Waals surface area contributed by atoms with E-state index in [4.69, 9.17) is 16.1 Å². The van der Waals surface area contributed by atoms with E-state index in [0.717, 1.165) is 18.4 Å². The summed E-state index contributed by atoms with van der Waals surface area (Å²) in [6.07, 6.45) is 3.04. The zero-order chi connectivity index (χ0) is 18.1. The Balaban J connectivity index is 1.72. The molecule has 0 bridgehead atoms. The summed E-state index contributed by atoms with van der Waals surface area (Å²) in [7, 11) is 0. The number of aliphatic hydroxyl groups is 1. The van der Waals surface area contributed by atoms with Gasteiger partial charge in [-0.15, -0.1) is 0 Å². The highest BCUT2D eigenvalue weighted by Gasteiger charge is 2.42. The zero-order valence-corrected chi connectivity index (χ0v) is 15.8. The predicted molar refractivity (Wildman–Crippen MR) is 98.2 cm³/mol. The third kappa shape index (κ3) is 4.22. The highest BCUT2D eigenvalue weighted by Crippen LogP contribution is 2.43. The fraction of sp³-hybridized carbons (Fsp3) is 0.579. The van der Waals surface area contributed by atoms with Crippen molar-refractivity contribution in [3.05, 3.63) is 35.2 Å². The number of hydrogen-bond acceptors (Lipinski definition) is 5. The van der Waals surface area contributed by atoms with Gasteiger partial charge >= 0.3 is 0 Å². The SMILES string of the molecule is C[C@@H]1CC(C)(C)C[C@](CO)(NCc2nc(-c3ccccc3Cl)no2)C1. The quantitative estimate of drug-likeness (QED) is 0.838. The summed E-state index contributed by atoms with van der Waals surface area (Å²) in [5.41, 5.74) is 0.647. The first kappa shape index (κ1) is 18.4. The summed E-state index contributed by atoms with van der Waals surface area (Å²) in [4.78, 5) is 4.44. The molecule has 0 unspecified atom stereocenters. The van der Waals surface area contributed by atoms with Crippen LogP contribution in [0.3, 0.4) is 0 Å². The second-order valence-electron chi connectivity index (χ2n) is 8.14. The zero-order valence-electron chi connectivity index (χ0n) is 15.1. The van der Waals surface area contributed by atoms with Gasteiger partial charge in [0.15, 0.2) is 0 Å². The van der Waals surface area contributed by atoms with Gasteiger partial charge < -0.3 is 14.9 Å². The molecule has 0 amide bonds. The van der Waals surface area contributed by atoms with Gasteiger partial charge in [-0.25, -0.2) is 0 Å². The molecule has 2 atom stereocenters. The Morgan fingerprint density at radius 1 is 1.32 bits per heavy atom. The van der Waals surface area contributed by atoms with Crippen LogP contribution in [0.5, 0.6) is 0 Å². The van der Waals surface area contributed by atoms with Crippen LogP contribution in [-0.2, 0) is 6.54 Å². The number of hydrogen-bond donors (Lipinski definition) is 2. The largest absolute Gasteiger partial charge is 0.394 e. The van der Waals surface area contributed by atoms with E-state index in [1.54, 1.807) is 6.07 Å². The summed E-state index contributed by atoms with van der Waals surface area (Å²) >= 11 is 6.19. The minimum absolute atomic E-state index is 0.103. The molecule has 1 heterocycles. The first-order valence-corrected chi connectivity index (χ1v) is 9.14. The van der Waals surface area contributed by atoms with Gasteiger partial charge in [0.05, 0.1) is 18.2 Å². The lowest BCUT2D eigenvalue weighted by molar-refractivity contribution is 0.0335. The number of nitrogens with zero attached hydrogens (tertiary/aromatic N) is 2. The van der Waals surface area contributed by atoms with Crippen molar-refractivity contribution in [2.45, 2.75) is 52.1 Å². The number of rotatable bonds is 5. The standard InChI is InChI=1S/C19H26ClN3O2/c1-13-8-18(2,3)11-19(9-13,12-24)21-10-16-22-17(23-25-16)14-6-4-5-7-15(14)20/h4-7,13,21,24H,8-12H2,1-3H3/t13-,19-/m1/s1. The Morgan fingerprint density at radius 3 is 2.76 bits per heavy atom. The average molecular weight is 364 g/mol. The van der Waals surface area contributed by atoms with Crippen LogP contribution in [0.1, 0.15) is 45.9 Å². The van der Waals surface area contributed by atoms with E-state index in [1.807, 2.05) is 18.2 Å². The Hall–Kier alpha value is -1.43. The molecule has 2 N–H and O–H groups in total. The molecule has 0 radical (unpaired) electrons. The van der Waals surface area contributed by atoms with Gasteiger partial charge in [-0.3, -0.25) is 0 Å². The topological polar surface area (TPSA) is 71.2 Å². The minimum Gasteiger partial charge on any atom is -0.394 e. The van der Waals surface area contributed by atoms with Crippen LogP contribution >= 0.6 is 11.6 Å². The Labute approximate surface area is 153 Å². The van der Waals surface area contributed by atoms with E-state index < -0.39 is 0 Å². The smallest absolute Gasteiger partial charge is 0.240 e. The molecular weight excluding hydrogens is 338 g/mol. The maximum atomic E-state index is 10.0. The van der Waals surface area contributed by atoms with Gasteiger partial charge in [-0.05, 0) is 42.7 Å². The molecular formula is C19H26ClN3O2. The lowest BCUT2D eigenvalue weighted by Gasteiger charge is -2.47. The maximum absolute atomic E-state index is 10.0. The number of aliphatic hydroxyl groups excluding tert-OH is 1. The summed E-state index contributed by atoms with van der Waals surface area (Å²) in [6.45, 7) is 7.30. The molecule has 5 nitrogen and oxygen atoms in total. The van der Waals surface area contributed by atoms with Crippen LogP contribution in [-0.4, -0.2) is 27.4 Å². The van der Waals surface area contributed by atoms with Crippen LogP contribution in [0.15, 0.2) is 28.8 Å². The lowest BCUT2D eigenvalue weighted by atomic mass is 9.64. The minimum atomic E-state index is -0.305. The van der Waals surface area contributed by atoms with Gasteiger partial charge in [0.1, 0.15) is 0 Å². The second kappa shape index (κ2) is 7.06. The van der Waals surface area contributed by atoms with Crippen LogP contribution in [0.25, 0.3) is 11.4 Å². The monoisotopic (exact) mass is 363 g/mol. The molecule has 1 aromatic heterocycles.